The Balaban J connectivity index is 1.18. The van der Waals surface area contributed by atoms with Crippen molar-refractivity contribution >= 4 is 70.9 Å². The third-order valence-corrected chi connectivity index (χ3v) is 10.4. The van der Waals surface area contributed by atoms with E-state index >= 15 is 0 Å². The van der Waals surface area contributed by atoms with Gasteiger partial charge in [-0.1, -0.05) is 158 Å². The molecule has 10 aromatic carbocycles. The Hall–Kier alpha value is -6.70. The minimum atomic E-state index is 1.11. The van der Waals surface area contributed by atoms with Gasteiger partial charge < -0.3 is 4.90 Å². The molecule has 0 atom stereocenters. The average Bonchev–Trinajstić information content (AvgIpc) is 3.21. The second kappa shape index (κ2) is 12.0. The number of fused-ring (bicyclic) bond motifs is 7. The summed E-state index contributed by atoms with van der Waals surface area (Å²) in [7, 11) is 0. The van der Waals surface area contributed by atoms with E-state index in [9.17, 15) is 0 Å². The van der Waals surface area contributed by atoms with Gasteiger partial charge in [-0.3, -0.25) is 0 Å². The molecule has 238 valence electrons. The molecular formula is C50H33N. The third-order valence-electron chi connectivity index (χ3n) is 10.4. The summed E-state index contributed by atoms with van der Waals surface area (Å²) in [5, 5.41) is 12.5. The lowest BCUT2D eigenvalue weighted by atomic mass is 9.93. The van der Waals surface area contributed by atoms with Gasteiger partial charge in [-0.25, -0.2) is 0 Å². The molecule has 0 spiro atoms. The first kappa shape index (κ1) is 29.2. The van der Waals surface area contributed by atoms with E-state index in [1.165, 1.54) is 76.1 Å². The van der Waals surface area contributed by atoms with E-state index in [0.29, 0.717) is 0 Å². The number of benzene rings is 10. The van der Waals surface area contributed by atoms with Crippen LogP contribution in [-0.2, 0) is 0 Å². The lowest BCUT2D eigenvalue weighted by Gasteiger charge is -2.28. The summed E-state index contributed by atoms with van der Waals surface area (Å²) in [6, 6.07) is 73.1. The predicted molar refractivity (Wildman–Crippen MR) is 220 cm³/mol. The van der Waals surface area contributed by atoms with Crippen LogP contribution >= 0.6 is 0 Å². The van der Waals surface area contributed by atoms with Gasteiger partial charge in [-0.05, 0) is 113 Å². The molecule has 0 heterocycles. The molecular weight excluding hydrogens is 615 g/mol. The maximum atomic E-state index is 2.44. The lowest BCUT2D eigenvalue weighted by molar-refractivity contribution is 1.30. The Bertz CT molecular complexity index is 2920. The molecule has 0 aliphatic rings. The summed E-state index contributed by atoms with van der Waals surface area (Å²) in [4.78, 5) is 2.44. The van der Waals surface area contributed by atoms with Crippen molar-refractivity contribution in [1.82, 2.24) is 0 Å². The quantitative estimate of drug-likeness (QED) is 0.168. The van der Waals surface area contributed by atoms with Crippen LogP contribution in [0.2, 0.25) is 0 Å². The molecule has 0 unspecified atom stereocenters. The molecule has 0 saturated carbocycles. The summed E-state index contributed by atoms with van der Waals surface area (Å²) in [6.45, 7) is 0. The molecule has 10 rings (SSSR count). The van der Waals surface area contributed by atoms with E-state index in [-0.39, 0.29) is 0 Å². The predicted octanol–water partition coefficient (Wildman–Crippen LogP) is 14.3. The van der Waals surface area contributed by atoms with Gasteiger partial charge in [0.2, 0.25) is 0 Å². The largest absolute Gasteiger partial charge is 0.310 e. The van der Waals surface area contributed by atoms with Gasteiger partial charge >= 0.3 is 0 Å². The molecule has 0 bridgehead atoms. The van der Waals surface area contributed by atoms with Crippen molar-refractivity contribution in [3.63, 3.8) is 0 Å². The molecule has 0 aromatic heterocycles. The molecule has 0 fully saturated rings. The Kier molecular flexibility index (Phi) is 6.89. The van der Waals surface area contributed by atoms with E-state index in [4.69, 9.17) is 0 Å². The number of nitrogens with zero attached hydrogens (tertiary/aromatic N) is 1. The zero-order chi connectivity index (χ0) is 33.7. The van der Waals surface area contributed by atoms with Crippen LogP contribution in [0.4, 0.5) is 17.1 Å². The molecule has 1 heteroatoms. The standard InChI is InChI=1S/C50H33N/c1-2-13-36-30-37(25-24-34(36)12-1)35-26-28-41(29-27-35)51(50-33-40-15-4-6-19-44(40)46-21-9-10-23-48(46)50)42-17-11-16-38(31-42)49-32-39-14-3-5-18-43(39)45-20-7-8-22-47(45)49/h1-33H. The average molecular weight is 648 g/mol. The maximum absolute atomic E-state index is 2.44. The Morgan fingerprint density at radius 3 is 1.53 bits per heavy atom. The summed E-state index contributed by atoms with van der Waals surface area (Å²) in [5.41, 5.74) is 8.23. The van der Waals surface area contributed by atoms with Crippen LogP contribution in [0.1, 0.15) is 0 Å². The fourth-order valence-electron chi connectivity index (χ4n) is 7.92. The van der Waals surface area contributed by atoms with Gasteiger partial charge in [-0.2, -0.15) is 0 Å². The summed E-state index contributed by atoms with van der Waals surface area (Å²) in [5.74, 6) is 0. The minimum Gasteiger partial charge on any atom is -0.310 e. The van der Waals surface area contributed by atoms with Crippen molar-refractivity contribution in [2.24, 2.45) is 0 Å². The number of rotatable bonds is 5. The topological polar surface area (TPSA) is 3.24 Å². The Morgan fingerprint density at radius 1 is 0.255 bits per heavy atom. The SMILES string of the molecule is c1cc(-c2cc3ccccc3c3ccccc23)cc(N(c2ccc(-c3ccc4ccccc4c3)cc2)c2cc3ccccc3c3ccccc23)c1. The lowest BCUT2D eigenvalue weighted by Crippen LogP contribution is -2.11. The Labute approximate surface area is 297 Å². The van der Waals surface area contributed by atoms with Gasteiger partial charge in [0, 0.05) is 16.8 Å². The first-order valence-corrected chi connectivity index (χ1v) is 17.6. The summed E-state index contributed by atoms with van der Waals surface area (Å²) < 4.78 is 0. The molecule has 0 aliphatic carbocycles. The van der Waals surface area contributed by atoms with Crippen molar-refractivity contribution in [3.8, 4) is 22.3 Å². The highest BCUT2D eigenvalue weighted by atomic mass is 15.1. The molecule has 51 heavy (non-hydrogen) atoms. The Morgan fingerprint density at radius 2 is 0.804 bits per heavy atom. The zero-order valence-electron chi connectivity index (χ0n) is 28.0. The van der Waals surface area contributed by atoms with Crippen LogP contribution in [0, 0.1) is 0 Å². The van der Waals surface area contributed by atoms with E-state index in [1.807, 2.05) is 0 Å². The van der Waals surface area contributed by atoms with Crippen LogP contribution in [-0.4, -0.2) is 0 Å². The number of hydrogen-bond donors (Lipinski definition) is 0. The van der Waals surface area contributed by atoms with Gasteiger partial charge in [-0.15, -0.1) is 0 Å². The molecule has 0 saturated heterocycles. The molecule has 0 aliphatic heterocycles. The van der Waals surface area contributed by atoms with Gasteiger partial charge in [0.15, 0.2) is 0 Å². The van der Waals surface area contributed by atoms with Crippen LogP contribution in [0.5, 0.6) is 0 Å². The van der Waals surface area contributed by atoms with E-state index in [0.717, 1.165) is 17.1 Å². The highest BCUT2D eigenvalue weighted by Gasteiger charge is 2.19. The third kappa shape index (κ3) is 5.02. The second-order valence-electron chi connectivity index (χ2n) is 13.3. The molecule has 0 radical (unpaired) electrons. The van der Waals surface area contributed by atoms with Crippen molar-refractivity contribution in [3.05, 3.63) is 200 Å². The minimum absolute atomic E-state index is 1.11. The fraction of sp³-hybridized carbons (Fsp3) is 0. The normalized spacial score (nSPS) is 11.5. The monoisotopic (exact) mass is 647 g/mol. The molecule has 0 N–H and O–H groups in total. The van der Waals surface area contributed by atoms with Crippen molar-refractivity contribution in [2.45, 2.75) is 0 Å². The second-order valence-corrected chi connectivity index (χ2v) is 13.3. The van der Waals surface area contributed by atoms with Gasteiger partial charge in [0.25, 0.3) is 0 Å². The van der Waals surface area contributed by atoms with Crippen molar-refractivity contribution in [1.29, 1.82) is 0 Å². The van der Waals surface area contributed by atoms with Gasteiger partial charge in [0.05, 0.1) is 5.69 Å². The molecule has 1 nitrogen and oxygen atoms in total. The first-order valence-electron chi connectivity index (χ1n) is 17.6. The summed E-state index contributed by atoms with van der Waals surface area (Å²) in [6.07, 6.45) is 0. The van der Waals surface area contributed by atoms with E-state index in [1.54, 1.807) is 0 Å². The molecule has 0 amide bonds. The van der Waals surface area contributed by atoms with E-state index < -0.39 is 0 Å². The smallest absolute Gasteiger partial charge is 0.0546 e. The highest BCUT2D eigenvalue weighted by Crippen LogP contribution is 2.44. The first-order chi connectivity index (χ1) is 25.3. The van der Waals surface area contributed by atoms with Crippen LogP contribution in [0.25, 0.3) is 76.1 Å². The van der Waals surface area contributed by atoms with Crippen molar-refractivity contribution in [2.75, 3.05) is 4.90 Å². The fourth-order valence-corrected chi connectivity index (χ4v) is 7.92. The zero-order valence-corrected chi connectivity index (χ0v) is 28.0. The van der Waals surface area contributed by atoms with Crippen molar-refractivity contribution < 1.29 is 0 Å². The number of hydrogen-bond acceptors (Lipinski definition) is 1. The maximum Gasteiger partial charge on any atom is 0.0546 e. The van der Waals surface area contributed by atoms with E-state index in [2.05, 4.69) is 205 Å². The van der Waals surface area contributed by atoms with Crippen LogP contribution < -0.4 is 4.90 Å². The van der Waals surface area contributed by atoms with Crippen LogP contribution in [0.3, 0.4) is 0 Å². The number of anilines is 3. The van der Waals surface area contributed by atoms with Gasteiger partial charge in [0.1, 0.15) is 0 Å². The highest BCUT2D eigenvalue weighted by molar-refractivity contribution is 6.16. The summed E-state index contributed by atoms with van der Waals surface area (Å²) >= 11 is 0. The van der Waals surface area contributed by atoms with Crippen LogP contribution in [0.15, 0.2) is 200 Å². The molecule has 10 aromatic rings.